The van der Waals surface area contributed by atoms with Gasteiger partial charge >= 0.3 is 0 Å². The molecule has 0 saturated carbocycles. The summed E-state index contributed by atoms with van der Waals surface area (Å²) in [6, 6.07) is 0. The fourth-order valence-electron chi connectivity index (χ4n) is 2.16. The van der Waals surface area contributed by atoms with E-state index in [1.165, 1.54) is 5.69 Å². The molecule has 4 nitrogen and oxygen atoms in total. The number of hydrogen-bond acceptors (Lipinski definition) is 4. The summed E-state index contributed by atoms with van der Waals surface area (Å²) in [5, 5.41) is 5.60. The Balaban J connectivity index is 2.36. The standard InChI is InChI=1S/C15H26N4S/c1-6-8-16-11-12-13(18(5)15(3,4)7-2)17-14-19(12)9-10-20-14/h9-10,16H,6-8,11H2,1-5H3. The van der Waals surface area contributed by atoms with Crippen molar-refractivity contribution in [1.29, 1.82) is 0 Å². The molecule has 0 bridgehead atoms. The second-order valence-electron chi connectivity index (χ2n) is 5.84. The summed E-state index contributed by atoms with van der Waals surface area (Å²) >= 11 is 1.69. The zero-order chi connectivity index (χ0) is 14.8. The van der Waals surface area contributed by atoms with E-state index >= 15 is 0 Å². The molecule has 0 unspecified atom stereocenters. The lowest BCUT2D eigenvalue weighted by atomic mass is 10.00. The summed E-state index contributed by atoms with van der Waals surface area (Å²) in [5.74, 6) is 1.10. The van der Waals surface area contributed by atoms with Crippen molar-refractivity contribution in [3.05, 3.63) is 17.3 Å². The number of fused-ring (bicyclic) bond motifs is 1. The number of hydrogen-bond donors (Lipinski definition) is 1. The largest absolute Gasteiger partial charge is 0.353 e. The van der Waals surface area contributed by atoms with E-state index in [0.29, 0.717) is 0 Å². The van der Waals surface area contributed by atoms with Crippen molar-refractivity contribution in [2.75, 3.05) is 18.5 Å². The predicted octanol–water partition coefficient (Wildman–Crippen LogP) is 3.52. The highest BCUT2D eigenvalue weighted by Crippen LogP contribution is 2.29. The first-order valence-electron chi connectivity index (χ1n) is 7.40. The number of aromatic nitrogens is 2. The molecule has 112 valence electrons. The van der Waals surface area contributed by atoms with Gasteiger partial charge in [0, 0.05) is 30.7 Å². The monoisotopic (exact) mass is 294 g/mol. The molecule has 0 radical (unpaired) electrons. The van der Waals surface area contributed by atoms with Gasteiger partial charge in [-0.05, 0) is 33.2 Å². The number of imidazole rings is 1. The molecular weight excluding hydrogens is 268 g/mol. The molecule has 0 amide bonds. The molecule has 2 aromatic rings. The zero-order valence-corrected chi connectivity index (χ0v) is 14.0. The van der Waals surface area contributed by atoms with Crippen molar-refractivity contribution in [3.63, 3.8) is 0 Å². The minimum Gasteiger partial charge on any atom is -0.353 e. The number of anilines is 1. The maximum absolute atomic E-state index is 4.83. The van der Waals surface area contributed by atoms with Gasteiger partial charge in [0.2, 0.25) is 0 Å². The minimum absolute atomic E-state index is 0.115. The van der Waals surface area contributed by atoms with E-state index in [4.69, 9.17) is 4.98 Å². The normalized spacial score (nSPS) is 12.2. The van der Waals surface area contributed by atoms with Gasteiger partial charge in [-0.2, -0.15) is 0 Å². The van der Waals surface area contributed by atoms with Crippen LogP contribution in [0.3, 0.4) is 0 Å². The molecule has 0 aliphatic heterocycles. The molecule has 0 atom stereocenters. The number of nitrogens with one attached hydrogen (secondary N) is 1. The van der Waals surface area contributed by atoms with E-state index in [-0.39, 0.29) is 5.54 Å². The number of nitrogens with zero attached hydrogens (tertiary/aromatic N) is 3. The van der Waals surface area contributed by atoms with Crippen LogP contribution in [0.2, 0.25) is 0 Å². The third-order valence-corrected chi connectivity index (χ3v) is 4.91. The average molecular weight is 294 g/mol. The Bertz CT molecular complexity index is 555. The Morgan fingerprint density at radius 2 is 2.15 bits per heavy atom. The zero-order valence-electron chi connectivity index (χ0n) is 13.2. The van der Waals surface area contributed by atoms with Crippen LogP contribution in [0.5, 0.6) is 0 Å². The van der Waals surface area contributed by atoms with Gasteiger partial charge in [-0.3, -0.25) is 4.40 Å². The predicted molar refractivity (Wildman–Crippen MR) is 87.8 cm³/mol. The average Bonchev–Trinajstić information content (AvgIpc) is 3.00. The van der Waals surface area contributed by atoms with Gasteiger partial charge in [-0.25, -0.2) is 4.98 Å². The topological polar surface area (TPSA) is 32.6 Å². The summed E-state index contributed by atoms with van der Waals surface area (Å²) in [7, 11) is 2.15. The van der Waals surface area contributed by atoms with Crippen molar-refractivity contribution >= 4 is 22.1 Å². The molecule has 0 aromatic carbocycles. The van der Waals surface area contributed by atoms with Gasteiger partial charge < -0.3 is 10.2 Å². The molecule has 1 N–H and O–H groups in total. The van der Waals surface area contributed by atoms with Gasteiger partial charge in [0.05, 0.1) is 5.69 Å². The molecule has 0 aliphatic carbocycles. The van der Waals surface area contributed by atoms with Crippen LogP contribution >= 0.6 is 11.3 Å². The summed E-state index contributed by atoms with van der Waals surface area (Å²) < 4.78 is 2.21. The van der Waals surface area contributed by atoms with Gasteiger partial charge in [0.25, 0.3) is 0 Å². The second kappa shape index (κ2) is 6.14. The summed E-state index contributed by atoms with van der Waals surface area (Å²) in [6.07, 6.45) is 4.36. The summed E-state index contributed by atoms with van der Waals surface area (Å²) in [4.78, 5) is 8.22. The molecule has 0 aliphatic rings. The molecule has 2 aromatic heterocycles. The van der Waals surface area contributed by atoms with Gasteiger partial charge in [0.1, 0.15) is 0 Å². The summed E-state index contributed by atoms with van der Waals surface area (Å²) in [5.41, 5.74) is 1.38. The Labute approximate surface area is 125 Å². The van der Waals surface area contributed by atoms with Crippen LogP contribution in [0.1, 0.15) is 46.2 Å². The third kappa shape index (κ3) is 2.83. The molecular formula is C15H26N4S. The highest BCUT2D eigenvalue weighted by Gasteiger charge is 2.26. The lowest BCUT2D eigenvalue weighted by molar-refractivity contribution is 0.466. The molecule has 0 fully saturated rings. The van der Waals surface area contributed by atoms with E-state index < -0.39 is 0 Å². The van der Waals surface area contributed by atoms with Gasteiger partial charge in [-0.15, -0.1) is 11.3 Å². The van der Waals surface area contributed by atoms with Crippen LogP contribution in [-0.4, -0.2) is 28.5 Å². The smallest absolute Gasteiger partial charge is 0.195 e. The third-order valence-electron chi connectivity index (χ3n) is 4.15. The highest BCUT2D eigenvalue weighted by atomic mass is 32.1. The Morgan fingerprint density at radius 3 is 2.80 bits per heavy atom. The first-order valence-corrected chi connectivity index (χ1v) is 8.28. The first-order chi connectivity index (χ1) is 9.51. The van der Waals surface area contributed by atoms with Crippen LogP contribution in [0.15, 0.2) is 11.6 Å². The van der Waals surface area contributed by atoms with Gasteiger partial charge in [0.15, 0.2) is 10.8 Å². The molecule has 2 heterocycles. The van der Waals surface area contributed by atoms with Gasteiger partial charge in [-0.1, -0.05) is 13.8 Å². The van der Waals surface area contributed by atoms with Crippen molar-refractivity contribution in [2.24, 2.45) is 0 Å². The molecule has 0 saturated heterocycles. The van der Waals surface area contributed by atoms with E-state index in [1.807, 2.05) is 0 Å². The first kappa shape index (κ1) is 15.3. The van der Waals surface area contributed by atoms with E-state index in [9.17, 15) is 0 Å². The van der Waals surface area contributed by atoms with Crippen LogP contribution in [-0.2, 0) is 6.54 Å². The maximum Gasteiger partial charge on any atom is 0.195 e. The fraction of sp³-hybridized carbons (Fsp3) is 0.667. The van der Waals surface area contributed by atoms with Crippen molar-refractivity contribution in [3.8, 4) is 0 Å². The summed E-state index contributed by atoms with van der Waals surface area (Å²) in [6.45, 7) is 10.9. The van der Waals surface area contributed by atoms with Crippen molar-refractivity contribution in [2.45, 2.75) is 52.6 Å². The van der Waals surface area contributed by atoms with Crippen LogP contribution in [0, 0.1) is 0 Å². The molecule has 20 heavy (non-hydrogen) atoms. The minimum atomic E-state index is 0.115. The molecule has 5 heteroatoms. The lowest BCUT2D eigenvalue weighted by Crippen LogP contribution is -2.41. The van der Waals surface area contributed by atoms with Crippen molar-refractivity contribution in [1.82, 2.24) is 14.7 Å². The van der Waals surface area contributed by atoms with E-state index in [1.54, 1.807) is 11.3 Å². The Morgan fingerprint density at radius 1 is 1.40 bits per heavy atom. The van der Waals surface area contributed by atoms with Crippen LogP contribution in [0.4, 0.5) is 5.82 Å². The number of rotatable bonds is 7. The van der Waals surface area contributed by atoms with Crippen molar-refractivity contribution < 1.29 is 0 Å². The van der Waals surface area contributed by atoms with Crippen LogP contribution < -0.4 is 10.2 Å². The maximum atomic E-state index is 4.83. The molecule has 0 spiro atoms. The number of thiazole rings is 1. The lowest BCUT2D eigenvalue weighted by Gasteiger charge is -2.35. The Hall–Kier alpha value is -1.07. The van der Waals surface area contributed by atoms with E-state index in [0.717, 1.165) is 36.7 Å². The molecule has 2 rings (SSSR count). The Kier molecular flexibility index (Phi) is 4.70. The van der Waals surface area contributed by atoms with Crippen LogP contribution in [0.25, 0.3) is 4.96 Å². The van der Waals surface area contributed by atoms with E-state index in [2.05, 4.69) is 60.9 Å². The highest BCUT2D eigenvalue weighted by molar-refractivity contribution is 7.15. The SMILES string of the molecule is CCCNCc1c(N(C)C(C)(C)CC)nc2sccn12. The fourth-order valence-corrected chi connectivity index (χ4v) is 2.89. The second-order valence-corrected chi connectivity index (χ2v) is 6.71. The quantitative estimate of drug-likeness (QED) is 0.793.